The molecule has 0 saturated heterocycles. The number of ether oxygens (including phenoxy) is 1. The van der Waals surface area contributed by atoms with Gasteiger partial charge in [0.05, 0.1) is 18.4 Å². The molecule has 6 nitrogen and oxygen atoms in total. The van der Waals surface area contributed by atoms with Crippen molar-refractivity contribution < 1.29 is 19.1 Å². The van der Waals surface area contributed by atoms with Gasteiger partial charge in [0.15, 0.2) is 0 Å². The second-order valence-corrected chi connectivity index (χ2v) is 6.47. The van der Waals surface area contributed by atoms with E-state index in [-0.39, 0.29) is 11.7 Å². The van der Waals surface area contributed by atoms with Gasteiger partial charge in [0.2, 0.25) is 0 Å². The van der Waals surface area contributed by atoms with E-state index in [0.29, 0.717) is 34.7 Å². The van der Waals surface area contributed by atoms with Crippen LogP contribution in [0.4, 0.5) is 5.69 Å². The van der Waals surface area contributed by atoms with Gasteiger partial charge in [-0.05, 0) is 43.3 Å². The Balaban J connectivity index is 1.74. The number of carbonyl (C=O) groups is 1. The number of nitrogens with zero attached hydrogens (tertiary/aromatic N) is 1. The molecule has 0 bridgehead atoms. The predicted molar refractivity (Wildman–Crippen MR) is 110 cm³/mol. The number of furan rings is 1. The van der Waals surface area contributed by atoms with Gasteiger partial charge in [-0.15, -0.1) is 0 Å². The van der Waals surface area contributed by atoms with Crippen LogP contribution in [0.15, 0.2) is 77.5 Å². The molecule has 0 aliphatic rings. The molecule has 2 N–H and O–H groups in total. The van der Waals surface area contributed by atoms with Crippen molar-refractivity contribution in [2.75, 3.05) is 11.9 Å². The number of nitrogens with one attached hydrogen (secondary N) is 1. The van der Waals surface area contributed by atoms with Gasteiger partial charge in [-0.3, -0.25) is 4.98 Å². The van der Waals surface area contributed by atoms with Crippen LogP contribution >= 0.6 is 0 Å². The number of aromatic nitrogens is 1. The Bertz CT molecular complexity index is 1140. The standard InChI is InChI=1S/C23H20N2O4/c1-2-28-23(27)16-6-3-8-17(14-16)25-21(19-9-5-13-29-19)18-11-10-15-7-4-12-24-20(15)22(18)26/h3-14,21,25-26H,2H2,1H3. The molecule has 0 amide bonds. The normalized spacial score (nSPS) is 11.9. The first-order valence-corrected chi connectivity index (χ1v) is 9.31. The summed E-state index contributed by atoms with van der Waals surface area (Å²) >= 11 is 0. The van der Waals surface area contributed by atoms with Crippen molar-refractivity contribution in [2.24, 2.45) is 0 Å². The number of rotatable bonds is 6. The molecule has 0 fully saturated rings. The van der Waals surface area contributed by atoms with Gasteiger partial charge in [0, 0.05) is 22.8 Å². The molecule has 1 unspecified atom stereocenters. The molecule has 2 aromatic carbocycles. The SMILES string of the molecule is CCOC(=O)c1cccc(NC(c2ccco2)c2ccc3cccnc3c2O)c1. The largest absolute Gasteiger partial charge is 0.505 e. The highest BCUT2D eigenvalue weighted by Gasteiger charge is 2.22. The zero-order valence-electron chi connectivity index (χ0n) is 15.8. The number of benzene rings is 2. The Labute approximate surface area is 167 Å². The molecule has 0 saturated carbocycles. The number of carbonyl (C=O) groups excluding carboxylic acids is 1. The maximum atomic E-state index is 12.1. The maximum absolute atomic E-state index is 12.1. The maximum Gasteiger partial charge on any atom is 0.338 e. The quantitative estimate of drug-likeness (QED) is 0.457. The average Bonchev–Trinajstić information content (AvgIpc) is 3.28. The summed E-state index contributed by atoms with van der Waals surface area (Å²) in [5, 5.41) is 15.1. The predicted octanol–water partition coefficient (Wildman–Crippen LogP) is 4.91. The van der Waals surface area contributed by atoms with Gasteiger partial charge < -0.3 is 19.6 Å². The third-order valence-corrected chi connectivity index (χ3v) is 4.60. The van der Waals surface area contributed by atoms with Crippen molar-refractivity contribution in [3.63, 3.8) is 0 Å². The molecule has 29 heavy (non-hydrogen) atoms. The van der Waals surface area contributed by atoms with Crippen molar-refractivity contribution in [2.45, 2.75) is 13.0 Å². The highest BCUT2D eigenvalue weighted by atomic mass is 16.5. The summed E-state index contributed by atoms with van der Waals surface area (Å²) in [6, 6.07) is 17.6. The molecule has 6 heteroatoms. The van der Waals surface area contributed by atoms with Crippen LogP contribution in [0.5, 0.6) is 5.75 Å². The van der Waals surface area contributed by atoms with Gasteiger partial charge in [-0.25, -0.2) is 4.79 Å². The molecule has 1 atom stereocenters. The van der Waals surface area contributed by atoms with Crippen molar-refractivity contribution in [3.05, 3.63) is 90.0 Å². The molecule has 146 valence electrons. The van der Waals surface area contributed by atoms with Crippen LogP contribution in [0.2, 0.25) is 0 Å². The van der Waals surface area contributed by atoms with Crippen LogP contribution < -0.4 is 5.32 Å². The van der Waals surface area contributed by atoms with Crippen molar-refractivity contribution in [3.8, 4) is 5.75 Å². The number of hydrogen-bond donors (Lipinski definition) is 2. The smallest absolute Gasteiger partial charge is 0.338 e. The summed E-state index contributed by atoms with van der Waals surface area (Å²) in [6.07, 6.45) is 3.22. The molecule has 2 aromatic heterocycles. The fourth-order valence-corrected chi connectivity index (χ4v) is 3.25. The van der Waals surface area contributed by atoms with E-state index >= 15 is 0 Å². The molecular formula is C23H20N2O4. The van der Waals surface area contributed by atoms with Crippen LogP contribution in [0.3, 0.4) is 0 Å². The first-order valence-electron chi connectivity index (χ1n) is 9.31. The number of pyridine rings is 1. The van der Waals surface area contributed by atoms with Crippen LogP contribution in [-0.4, -0.2) is 22.7 Å². The molecule has 4 rings (SSSR count). The molecule has 0 aliphatic heterocycles. The monoisotopic (exact) mass is 388 g/mol. The fraction of sp³-hybridized carbons (Fsp3) is 0.130. The molecular weight excluding hydrogens is 368 g/mol. The summed E-state index contributed by atoms with van der Waals surface area (Å²) < 4.78 is 10.7. The minimum atomic E-state index is -0.478. The van der Waals surface area contributed by atoms with Gasteiger partial charge in [0.25, 0.3) is 0 Å². The van der Waals surface area contributed by atoms with Crippen molar-refractivity contribution >= 4 is 22.6 Å². The molecule has 4 aromatic rings. The second-order valence-electron chi connectivity index (χ2n) is 6.47. The lowest BCUT2D eigenvalue weighted by molar-refractivity contribution is 0.0526. The lowest BCUT2D eigenvalue weighted by Gasteiger charge is -2.20. The van der Waals surface area contributed by atoms with E-state index < -0.39 is 6.04 Å². The summed E-state index contributed by atoms with van der Waals surface area (Å²) in [4.78, 5) is 16.4. The topological polar surface area (TPSA) is 84.6 Å². The molecule has 2 heterocycles. The average molecular weight is 388 g/mol. The number of hydrogen-bond acceptors (Lipinski definition) is 6. The highest BCUT2D eigenvalue weighted by molar-refractivity contribution is 5.90. The highest BCUT2D eigenvalue weighted by Crippen LogP contribution is 2.36. The van der Waals surface area contributed by atoms with Crippen LogP contribution in [-0.2, 0) is 4.74 Å². The number of phenols is 1. The third kappa shape index (κ3) is 3.78. The first kappa shape index (κ1) is 18.6. The minimum Gasteiger partial charge on any atom is -0.505 e. The Morgan fingerprint density at radius 3 is 2.86 bits per heavy atom. The second kappa shape index (κ2) is 8.06. The number of fused-ring (bicyclic) bond motifs is 1. The Morgan fingerprint density at radius 2 is 2.07 bits per heavy atom. The van der Waals surface area contributed by atoms with E-state index in [2.05, 4.69) is 10.3 Å². The lowest BCUT2D eigenvalue weighted by Crippen LogP contribution is -2.13. The van der Waals surface area contributed by atoms with Crippen LogP contribution in [0.25, 0.3) is 10.9 Å². The van der Waals surface area contributed by atoms with Crippen molar-refractivity contribution in [1.82, 2.24) is 4.98 Å². The van der Waals surface area contributed by atoms with E-state index in [0.717, 1.165) is 5.39 Å². The summed E-state index contributed by atoms with van der Waals surface area (Å²) in [7, 11) is 0. The summed E-state index contributed by atoms with van der Waals surface area (Å²) in [5.41, 5.74) is 2.27. The van der Waals surface area contributed by atoms with E-state index in [4.69, 9.17) is 9.15 Å². The van der Waals surface area contributed by atoms with Gasteiger partial charge in [-0.1, -0.05) is 24.3 Å². The van der Waals surface area contributed by atoms with E-state index in [1.165, 1.54) is 0 Å². The van der Waals surface area contributed by atoms with Crippen molar-refractivity contribution in [1.29, 1.82) is 0 Å². The van der Waals surface area contributed by atoms with Gasteiger partial charge >= 0.3 is 5.97 Å². The van der Waals surface area contributed by atoms with Gasteiger partial charge in [0.1, 0.15) is 23.1 Å². The zero-order valence-corrected chi connectivity index (χ0v) is 15.8. The van der Waals surface area contributed by atoms with Crippen LogP contribution in [0.1, 0.15) is 34.6 Å². The molecule has 0 radical (unpaired) electrons. The van der Waals surface area contributed by atoms with Gasteiger partial charge in [-0.2, -0.15) is 0 Å². The summed E-state index contributed by atoms with van der Waals surface area (Å²) in [6.45, 7) is 2.08. The fourth-order valence-electron chi connectivity index (χ4n) is 3.25. The van der Waals surface area contributed by atoms with E-state index in [1.807, 2.05) is 36.4 Å². The Hall–Kier alpha value is -3.80. The zero-order chi connectivity index (χ0) is 20.2. The number of anilines is 1. The Morgan fingerprint density at radius 1 is 1.17 bits per heavy atom. The number of phenolic OH excluding ortho intramolecular Hbond substituents is 1. The van der Waals surface area contributed by atoms with E-state index in [1.54, 1.807) is 43.6 Å². The van der Waals surface area contributed by atoms with Crippen LogP contribution in [0, 0.1) is 0 Å². The lowest BCUT2D eigenvalue weighted by atomic mass is 10.00. The minimum absolute atomic E-state index is 0.0820. The third-order valence-electron chi connectivity index (χ3n) is 4.60. The number of aromatic hydroxyl groups is 1. The molecule has 0 spiro atoms. The molecule has 0 aliphatic carbocycles. The van der Waals surface area contributed by atoms with E-state index in [9.17, 15) is 9.90 Å². The summed E-state index contributed by atoms with van der Waals surface area (Å²) in [5.74, 6) is 0.319. The first-order chi connectivity index (χ1) is 14.2. The Kier molecular flexibility index (Phi) is 5.16. The number of esters is 1.